The molecule has 0 radical (unpaired) electrons. The maximum atomic E-state index is 12.8. The summed E-state index contributed by atoms with van der Waals surface area (Å²) in [5.41, 5.74) is 2.20. The van der Waals surface area contributed by atoms with Gasteiger partial charge in [0.15, 0.2) is 0 Å². The summed E-state index contributed by atoms with van der Waals surface area (Å²) >= 11 is 6.45. The van der Waals surface area contributed by atoms with Crippen LogP contribution in [0.3, 0.4) is 0 Å². The molecule has 8 heteroatoms. The molecule has 1 atom stereocenters. The van der Waals surface area contributed by atoms with Crippen LogP contribution in [0.5, 0.6) is 0 Å². The zero-order valence-corrected chi connectivity index (χ0v) is 15.5. The molecule has 0 aliphatic carbocycles. The number of amides is 3. The first-order chi connectivity index (χ1) is 13.0. The van der Waals surface area contributed by atoms with Gasteiger partial charge in [-0.25, -0.2) is 0 Å². The molecule has 7 nitrogen and oxygen atoms in total. The number of hydrogen-bond donors (Lipinski definition) is 1. The van der Waals surface area contributed by atoms with Gasteiger partial charge in [0.2, 0.25) is 11.8 Å². The molecule has 1 aromatic rings. The molecule has 4 rings (SSSR count). The van der Waals surface area contributed by atoms with Gasteiger partial charge in [0.1, 0.15) is 12.3 Å². The first kappa shape index (κ1) is 18.0. The van der Waals surface area contributed by atoms with Crippen LogP contribution in [0.1, 0.15) is 41.6 Å². The van der Waals surface area contributed by atoms with Gasteiger partial charge < -0.3 is 14.6 Å². The minimum atomic E-state index is -0.631. The molecule has 1 N–H and O–H groups in total. The lowest BCUT2D eigenvalue weighted by molar-refractivity contribution is -0.136. The fourth-order valence-corrected chi connectivity index (χ4v) is 4.38. The predicted molar refractivity (Wildman–Crippen MR) is 98.5 cm³/mol. The number of nitrogens with zero attached hydrogens (tertiary/aromatic N) is 2. The number of carbonyl (C=O) groups excluding carboxylic acids is 4. The van der Waals surface area contributed by atoms with E-state index in [1.165, 1.54) is 4.90 Å². The van der Waals surface area contributed by atoms with E-state index in [0.717, 1.165) is 43.5 Å². The van der Waals surface area contributed by atoms with E-state index in [1.54, 1.807) is 6.07 Å². The van der Waals surface area contributed by atoms with Crippen LogP contribution in [0.4, 0.5) is 5.69 Å². The zero-order valence-electron chi connectivity index (χ0n) is 14.7. The maximum absolute atomic E-state index is 12.8. The average Bonchev–Trinajstić information content (AvgIpc) is 2.97. The molecule has 2 fully saturated rings. The van der Waals surface area contributed by atoms with E-state index in [0.29, 0.717) is 23.6 Å². The molecule has 0 spiro atoms. The van der Waals surface area contributed by atoms with Gasteiger partial charge in [-0.3, -0.25) is 19.7 Å². The van der Waals surface area contributed by atoms with Crippen LogP contribution in [0.15, 0.2) is 12.1 Å². The van der Waals surface area contributed by atoms with Crippen molar-refractivity contribution in [3.63, 3.8) is 0 Å². The fraction of sp³-hybridized carbons (Fsp3) is 0.474. The van der Waals surface area contributed by atoms with Gasteiger partial charge in [0.05, 0.1) is 10.7 Å². The molecule has 3 heterocycles. The molecule has 0 aromatic heterocycles. The molecule has 3 aliphatic heterocycles. The van der Waals surface area contributed by atoms with Gasteiger partial charge in [0, 0.05) is 37.5 Å². The van der Waals surface area contributed by atoms with Crippen molar-refractivity contribution in [1.82, 2.24) is 10.2 Å². The Bertz CT molecular complexity index is 832. The zero-order chi connectivity index (χ0) is 19.1. The minimum absolute atomic E-state index is 0.0963. The van der Waals surface area contributed by atoms with Crippen LogP contribution in [0.2, 0.25) is 5.02 Å². The molecule has 2 saturated heterocycles. The summed E-state index contributed by atoms with van der Waals surface area (Å²) in [7, 11) is 0. The number of imide groups is 1. The van der Waals surface area contributed by atoms with Crippen molar-refractivity contribution in [2.45, 2.75) is 38.3 Å². The lowest BCUT2D eigenvalue weighted by atomic mass is 9.97. The van der Waals surface area contributed by atoms with E-state index < -0.39 is 11.9 Å². The number of nitrogens with one attached hydrogen (secondary N) is 1. The Kier molecular flexibility index (Phi) is 4.63. The number of aldehydes is 1. The van der Waals surface area contributed by atoms with Gasteiger partial charge >= 0.3 is 0 Å². The van der Waals surface area contributed by atoms with Crippen molar-refractivity contribution >= 4 is 41.3 Å². The van der Waals surface area contributed by atoms with Crippen LogP contribution in [0, 0.1) is 5.92 Å². The quantitative estimate of drug-likeness (QED) is 0.625. The monoisotopic (exact) mass is 389 g/mol. The number of rotatable bonds is 3. The maximum Gasteiger partial charge on any atom is 0.255 e. The summed E-state index contributed by atoms with van der Waals surface area (Å²) in [6.07, 6.45) is 3.16. The largest absolute Gasteiger partial charge is 0.370 e. The van der Waals surface area contributed by atoms with Crippen LogP contribution >= 0.6 is 11.6 Å². The number of benzene rings is 1. The Morgan fingerprint density at radius 1 is 1.11 bits per heavy atom. The van der Waals surface area contributed by atoms with Crippen LogP contribution in [-0.2, 0) is 20.9 Å². The normalized spacial score (nSPS) is 23.4. The highest BCUT2D eigenvalue weighted by Gasteiger charge is 2.39. The number of fused-ring (bicyclic) bond motifs is 1. The van der Waals surface area contributed by atoms with Crippen LogP contribution in [0.25, 0.3) is 0 Å². The number of piperidine rings is 2. The second-order valence-electron chi connectivity index (χ2n) is 7.32. The Labute approximate surface area is 161 Å². The van der Waals surface area contributed by atoms with Gasteiger partial charge in [0.25, 0.3) is 5.91 Å². The molecule has 3 aliphatic rings. The van der Waals surface area contributed by atoms with Gasteiger partial charge in [-0.15, -0.1) is 0 Å². The molecule has 142 valence electrons. The minimum Gasteiger partial charge on any atom is -0.370 e. The standard InChI is InChI=1S/C19H20ClN3O4/c20-14-8-13-12(7-16(14)22-5-3-11(10-24)4-6-22)9-23(19(13)27)15-1-2-17(25)21-18(15)26/h7-8,10-11,15H,1-6,9H2,(H,21,25,26). The average molecular weight is 390 g/mol. The van der Waals surface area contributed by atoms with Crippen molar-refractivity contribution in [2.75, 3.05) is 18.0 Å². The van der Waals surface area contributed by atoms with Crippen molar-refractivity contribution in [2.24, 2.45) is 5.92 Å². The molecular formula is C19H20ClN3O4. The summed E-state index contributed by atoms with van der Waals surface area (Å²) in [5.74, 6) is -0.856. The Morgan fingerprint density at radius 3 is 2.52 bits per heavy atom. The molecule has 27 heavy (non-hydrogen) atoms. The SMILES string of the molecule is O=CC1CCN(c2cc3c(cc2Cl)C(=O)N(C2CCC(=O)NC2=O)C3)CC1. The van der Waals surface area contributed by atoms with E-state index in [-0.39, 0.29) is 24.2 Å². The van der Waals surface area contributed by atoms with Gasteiger partial charge in [-0.2, -0.15) is 0 Å². The first-order valence-corrected chi connectivity index (χ1v) is 9.53. The number of anilines is 1. The van der Waals surface area contributed by atoms with E-state index in [4.69, 9.17) is 11.6 Å². The van der Waals surface area contributed by atoms with E-state index >= 15 is 0 Å². The number of carbonyl (C=O) groups is 4. The smallest absolute Gasteiger partial charge is 0.255 e. The van der Waals surface area contributed by atoms with Crippen molar-refractivity contribution < 1.29 is 19.2 Å². The highest BCUT2D eigenvalue weighted by molar-refractivity contribution is 6.33. The Morgan fingerprint density at radius 2 is 1.85 bits per heavy atom. The third kappa shape index (κ3) is 3.20. The highest BCUT2D eigenvalue weighted by Crippen LogP contribution is 2.36. The first-order valence-electron chi connectivity index (χ1n) is 9.15. The topological polar surface area (TPSA) is 86.8 Å². The second kappa shape index (κ2) is 6.96. The molecule has 1 aromatic carbocycles. The van der Waals surface area contributed by atoms with Gasteiger partial charge in [-0.05, 0) is 37.0 Å². The summed E-state index contributed by atoms with van der Waals surface area (Å²) in [6.45, 7) is 1.81. The molecule has 3 amide bonds. The molecule has 0 saturated carbocycles. The van der Waals surface area contributed by atoms with E-state index in [9.17, 15) is 19.2 Å². The lowest BCUT2D eigenvalue weighted by Crippen LogP contribution is -2.52. The summed E-state index contributed by atoms with van der Waals surface area (Å²) in [4.78, 5) is 50.9. The summed E-state index contributed by atoms with van der Waals surface area (Å²) in [5, 5.41) is 2.80. The number of halogens is 1. The van der Waals surface area contributed by atoms with E-state index in [2.05, 4.69) is 10.2 Å². The predicted octanol–water partition coefficient (Wildman–Crippen LogP) is 1.52. The van der Waals surface area contributed by atoms with Crippen molar-refractivity contribution in [1.29, 1.82) is 0 Å². The molecular weight excluding hydrogens is 370 g/mol. The Balaban J connectivity index is 1.56. The second-order valence-corrected chi connectivity index (χ2v) is 7.73. The van der Waals surface area contributed by atoms with Crippen LogP contribution in [-0.4, -0.2) is 48.0 Å². The molecule has 1 unspecified atom stereocenters. The number of hydrogen-bond acceptors (Lipinski definition) is 5. The van der Waals surface area contributed by atoms with Crippen LogP contribution < -0.4 is 10.2 Å². The molecule has 0 bridgehead atoms. The highest BCUT2D eigenvalue weighted by atomic mass is 35.5. The summed E-state index contributed by atoms with van der Waals surface area (Å²) in [6, 6.07) is 2.96. The third-order valence-electron chi connectivity index (χ3n) is 5.66. The van der Waals surface area contributed by atoms with Crippen molar-refractivity contribution in [3.05, 3.63) is 28.3 Å². The fourth-order valence-electron chi connectivity index (χ4n) is 4.10. The third-order valence-corrected chi connectivity index (χ3v) is 5.97. The summed E-state index contributed by atoms with van der Waals surface area (Å²) < 4.78 is 0. The van der Waals surface area contributed by atoms with E-state index in [1.807, 2.05) is 6.07 Å². The van der Waals surface area contributed by atoms with Gasteiger partial charge in [-0.1, -0.05) is 11.6 Å². The lowest BCUT2D eigenvalue weighted by Gasteiger charge is -2.32. The Hall–Kier alpha value is -2.41. The van der Waals surface area contributed by atoms with Crippen molar-refractivity contribution in [3.8, 4) is 0 Å².